The summed E-state index contributed by atoms with van der Waals surface area (Å²) in [6.07, 6.45) is 9.68. The smallest absolute Gasteiger partial charge is 0.0300 e. The first-order valence-electron chi connectivity index (χ1n) is 6.60. The second-order valence-electron chi connectivity index (χ2n) is 5.20. The van der Waals surface area contributed by atoms with Gasteiger partial charge in [0.1, 0.15) is 0 Å². The molecule has 0 radical (unpaired) electrons. The lowest BCUT2D eigenvalue weighted by Crippen LogP contribution is -2.25. The Hall–Kier alpha value is 0. The molecule has 0 aromatic heterocycles. The van der Waals surface area contributed by atoms with Gasteiger partial charge in [-0.1, -0.05) is 66.7 Å². The highest BCUT2D eigenvalue weighted by Gasteiger charge is 2.28. The predicted molar refractivity (Wildman–Crippen MR) is 66.6 cm³/mol. The largest absolute Gasteiger partial charge is 0.0654 e. The zero-order valence-electron chi connectivity index (χ0n) is 11.0. The molecule has 0 aromatic rings. The summed E-state index contributed by atoms with van der Waals surface area (Å²) < 4.78 is 0. The number of hydrogen-bond donors (Lipinski definition) is 0. The molecular weight excluding hydrogens is 168 g/mol. The van der Waals surface area contributed by atoms with Crippen LogP contribution in [0.2, 0.25) is 0 Å². The van der Waals surface area contributed by atoms with Crippen LogP contribution in [0.4, 0.5) is 0 Å². The van der Waals surface area contributed by atoms with Crippen molar-refractivity contribution in [3.8, 4) is 0 Å². The highest BCUT2D eigenvalue weighted by molar-refractivity contribution is 4.79. The van der Waals surface area contributed by atoms with Crippen LogP contribution >= 0.6 is 0 Å². The maximum absolute atomic E-state index is 2.51. The van der Waals surface area contributed by atoms with E-state index in [9.17, 15) is 0 Å². The first-order chi connectivity index (χ1) is 6.60. The fourth-order valence-electron chi connectivity index (χ4n) is 2.55. The minimum Gasteiger partial charge on any atom is -0.0654 e. The molecule has 0 heteroatoms. The summed E-state index contributed by atoms with van der Waals surface area (Å²) in [4.78, 5) is 0. The Morgan fingerprint density at radius 3 is 2.00 bits per heavy atom. The Kier molecular flexibility index (Phi) is 7.31. The van der Waals surface area contributed by atoms with Crippen molar-refractivity contribution in [1.29, 1.82) is 0 Å². The van der Waals surface area contributed by atoms with Crippen LogP contribution in [-0.4, -0.2) is 0 Å². The van der Waals surface area contributed by atoms with E-state index in [1.165, 1.54) is 44.9 Å². The lowest BCUT2D eigenvalue weighted by Gasteiger charge is -2.36. The van der Waals surface area contributed by atoms with Crippen LogP contribution in [0, 0.1) is 11.3 Å². The van der Waals surface area contributed by atoms with E-state index in [0.717, 1.165) is 5.92 Å². The fraction of sp³-hybridized carbons (Fsp3) is 1.00. The Morgan fingerprint density at radius 2 is 1.57 bits per heavy atom. The van der Waals surface area contributed by atoms with Gasteiger partial charge in [-0.3, -0.25) is 0 Å². The zero-order chi connectivity index (χ0) is 11.0. The van der Waals surface area contributed by atoms with Gasteiger partial charge in [0.05, 0.1) is 0 Å². The van der Waals surface area contributed by atoms with E-state index in [0.29, 0.717) is 5.41 Å². The molecule has 0 amide bonds. The monoisotopic (exact) mass is 198 g/mol. The molecule has 0 aromatic carbocycles. The Balaban J connectivity index is 4.19. The van der Waals surface area contributed by atoms with Gasteiger partial charge in [-0.2, -0.15) is 0 Å². The highest BCUT2D eigenvalue weighted by Crippen LogP contribution is 2.39. The molecule has 0 aliphatic heterocycles. The van der Waals surface area contributed by atoms with Crippen LogP contribution in [0.25, 0.3) is 0 Å². The van der Waals surface area contributed by atoms with Gasteiger partial charge in [0, 0.05) is 0 Å². The Bertz CT molecular complexity index is 128. The first kappa shape index (κ1) is 14.0. The quantitative estimate of drug-likeness (QED) is 0.488. The van der Waals surface area contributed by atoms with E-state index in [1.54, 1.807) is 0 Å². The summed E-state index contributed by atoms with van der Waals surface area (Å²) in [5, 5.41) is 0. The van der Waals surface area contributed by atoms with Crippen molar-refractivity contribution < 1.29 is 0 Å². The van der Waals surface area contributed by atoms with Gasteiger partial charge in [-0.15, -0.1) is 0 Å². The van der Waals surface area contributed by atoms with Gasteiger partial charge in [0.15, 0.2) is 0 Å². The third-order valence-corrected chi connectivity index (χ3v) is 3.83. The van der Waals surface area contributed by atoms with Crippen LogP contribution in [0.5, 0.6) is 0 Å². The summed E-state index contributed by atoms with van der Waals surface area (Å²) in [5.41, 5.74) is 0.612. The van der Waals surface area contributed by atoms with E-state index in [4.69, 9.17) is 0 Å². The molecule has 0 saturated heterocycles. The van der Waals surface area contributed by atoms with Crippen molar-refractivity contribution in [2.24, 2.45) is 11.3 Å². The molecule has 2 unspecified atom stereocenters. The summed E-state index contributed by atoms with van der Waals surface area (Å²) >= 11 is 0. The molecule has 2 atom stereocenters. The molecule has 0 fully saturated rings. The molecule has 0 aliphatic rings. The second-order valence-corrected chi connectivity index (χ2v) is 5.20. The maximum Gasteiger partial charge on any atom is -0.0300 e. The molecule has 14 heavy (non-hydrogen) atoms. The van der Waals surface area contributed by atoms with Crippen LogP contribution in [0.3, 0.4) is 0 Å². The summed E-state index contributed by atoms with van der Waals surface area (Å²) in [6.45, 7) is 11.9. The number of rotatable bonds is 8. The van der Waals surface area contributed by atoms with Crippen molar-refractivity contribution >= 4 is 0 Å². The van der Waals surface area contributed by atoms with Crippen LogP contribution in [0.1, 0.15) is 79.6 Å². The predicted octanol–water partition coefficient (Wildman–Crippen LogP) is 5.42. The van der Waals surface area contributed by atoms with E-state index in [1.807, 2.05) is 0 Å². The minimum atomic E-state index is 0.612. The topological polar surface area (TPSA) is 0 Å². The van der Waals surface area contributed by atoms with Crippen LogP contribution in [0.15, 0.2) is 0 Å². The minimum absolute atomic E-state index is 0.612. The van der Waals surface area contributed by atoms with Crippen LogP contribution in [-0.2, 0) is 0 Å². The Labute approximate surface area is 91.5 Å². The summed E-state index contributed by atoms with van der Waals surface area (Å²) in [5.74, 6) is 0.902. The molecular formula is C14H30. The van der Waals surface area contributed by atoms with E-state index in [-0.39, 0.29) is 0 Å². The van der Waals surface area contributed by atoms with Gasteiger partial charge >= 0.3 is 0 Å². The van der Waals surface area contributed by atoms with E-state index in [2.05, 4.69) is 34.6 Å². The van der Waals surface area contributed by atoms with Crippen molar-refractivity contribution in [2.45, 2.75) is 79.6 Å². The third kappa shape index (κ3) is 4.48. The molecule has 0 heterocycles. The SMILES string of the molecule is CCCCC(C)(CCC)C(C)CCC. The average Bonchev–Trinajstić information content (AvgIpc) is 2.15. The van der Waals surface area contributed by atoms with Crippen molar-refractivity contribution in [3.05, 3.63) is 0 Å². The van der Waals surface area contributed by atoms with Gasteiger partial charge in [-0.25, -0.2) is 0 Å². The zero-order valence-corrected chi connectivity index (χ0v) is 11.0. The molecule has 86 valence electrons. The number of unbranched alkanes of at least 4 members (excludes halogenated alkanes) is 1. The second kappa shape index (κ2) is 7.31. The maximum atomic E-state index is 2.51. The molecule has 0 nitrogen and oxygen atoms in total. The lowest BCUT2D eigenvalue weighted by molar-refractivity contribution is 0.151. The molecule has 0 spiro atoms. The van der Waals surface area contributed by atoms with Gasteiger partial charge in [-0.05, 0) is 24.2 Å². The Morgan fingerprint density at radius 1 is 0.929 bits per heavy atom. The van der Waals surface area contributed by atoms with Crippen molar-refractivity contribution in [2.75, 3.05) is 0 Å². The molecule has 0 aliphatic carbocycles. The van der Waals surface area contributed by atoms with Gasteiger partial charge < -0.3 is 0 Å². The molecule has 0 rings (SSSR count). The van der Waals surface area contributed by atoms with Crippen molar-refractivity contribution in [1.82, 2.24) is 0 Å². The summed E-state index contributed by atoms with van der Waals surface area (Å²) in [6, 6.07) is 0. The summed E-state index contributed by atoms with van der Waals surface area (Å²) in [7, 11) is 0. The van der Waals surface area contributed by atoms with E-state index < -0.39 is 0 Å². The fourth-order valence-corrected chi connectivity index (χ4v) is 2.55. The van der Waals surface area contributed by atoms with Crippen molar-refractivity contribution in [3.63, 3.8) is 0 Å². The van der Waals surface area contributed by atoms with Gasteiger partial charge in [0.25, 0.3) is 0 Å². The van der Waals surface area contributed by atoms with Gasteiger partial charge in [0.2, 0.25) is 0 Å². The van der Waals surface area contributed by atoms with Crippen LogP contribution < -0.4 is 0 Å². The highest BCUT2D eigenvalue weighted by atomic mass is 14.3. The van der Waals surface area contributed by atoms with E-state index >= 15 is 0 Å². The normalized spacial score (nSPS) is 17.8. The third-order valence-electron chi connectivity index (χ3n) is 3.83. The first-order valence-corrected chi connectivity index (χ1v) is 6.60. The average molecular weight is 198 g/mol. The molecule has 0 saturated carbocycles. The number of hydrogen-bond acceptors (Lipinski definition) is 0. The standard InChI is InChI=1S/C14H30/c1-6-9-12-14(5,11-8-3)13(4)10-7-2/h13H,6-12H2,1-5H3. The molecule has 0 N–H and O–H groups in total. The molecule has 0 bridgehead atoms. The lowest BCUT2D eigenvalue weighted by atomic mass is 9.70.